The van der Waals surface area contributed by atoms with Crippen LogP contribution in [0.5, 0.6) is 11.5 Å². The van der Waals surface area contributed by atoms with Gasteiger partial charge in [-0.1, -0.05) is 41.7 Å². The summed E-state index contributed by atoms with van der Waals surface area (Å²) in [7, 11) is 1.57. The molecule has 1 aliphatic heterocycles. The minimum absolute atomic E-state index is 0.00354. The summed E-state index contributed by atoms with van der Waals surface area (Å²) in [6.45, 7) is 3.84. The van der Waals surface area contributed by atoms with Gasteiger partial charge in [-0.15, -0.1) is 0 Å². The molecule has 2 heterocycles. The molecule has 0 N–H and O–H groups in total. The molecule has 3 aromatic carbocycles. The van der Waals surface area contributed by atoms with E-state index in [0.717, 1.165) is 5.56 Å². The van der Waals surface area contributed by atoms with Crippen LogP contribution in [0.3, 0.4) is 0 Å². The van der Waals surface area contributed by atoms with Gasteiger partial charge in [0.1, 0.15) is 18.1 Å². The van der Waals surface area contributed by atoms with Crippen LogP contribution in [0.1, 0.15) is 36.6 Å². The molecule has 0 saturated carbocycles. The number of hydrogen-bond acceptors (Lipinski definition) is 9. The number of benzene rings is 3. The molecule has 5 rings (SSSR count). The number of non-ortho nitro benzene ring substituents is 1. The smallest absolute Gasteiger partial charge is 0.338 e. The predicted molar refractivity (Wildman–Crippen MR) is 157 cm³/mol. The van der Waals surface area contributed by atoms with E-state index < -0.39 is 16.9 Å². The first-order valence-corrected chi connectivity index (χ1v) is 13.9. The molecule has 1 aromatic heterocycles. The minimum Gasteiger partial charge on any atom is -0.497 e. The number of allylic oxidation sites excluding steroid dienone is 1. The molecule has 0 fully saturated rings. The normalized spacial score (nSPS) is 14.6. The lowest BCUT2D eigenvalue weighted by Crippen LogP contribution is -2.39. The predicted octanol–water partition coefficient (Wildman–Crippen LogP) is 4.29. The average Bonchev–Trinajstić information content (AvgIpc) is 3.30. The molecule has 214 valence electrons. The highest BCUT2D eigenvalue weighted by Crippen LogP contribution is 2.31. The number of carbonyl (C=O) groups excluding carboxylic acids is 1. The highest BCUT2D eigenvalue weighted by molar-refractivity contribution is 7.07. The topological polar surface area (TPSA) is 122 Å². The summed E-state index contributed by atoms with van der Waals surface area (Å²) < 4.78 is 18.6. The van der Waals surface area contributed by atoms with E-state index in [2.05, 4.69) is 4.99 Å². The van der Waals surface area contributed by atoms with Gasteiger partial charge >= 0.3 is 5.97 Å². The summed E-state index contributed by atoms with van der Waals surface area (Å²) in [6, 6.07) is 19.9. The van der Waals surface area contributed by atoms with Crippen LogP contribution in [-0.2, 0) is 16.1 Å². The number of ether oxygens (including phenoxy) is 3. The molecule has 0 amide bonds. The Morgan fingerprint density at radius 2 is 1.81 bits per heavy atom. The van der Waals surface area contributed by atoms with Crippen molar-refractivity contribution in [1.29, 1.82) is 0 Å². The second kappa shape index (κ2) is 12.2. The number of hydrogen-bond donors (Lipinski definition) is 0. The quantitative estimate of drug-likeness (QED) is 0.163. The summed E-state index contributed by atoms with van der Waals surface area (Å²) in [5, 5.41) is 10.9. The third-order valence-corrected chi connectivity index (χ3v) is 7.68. The van der Waals surface area contributed by atoms with E-state index in [4.69, 9.17) is 14.2 Å². The molecular formula is C31H27N3O7S. The molecule has 11 heteroatoms. The lowest BCUT2D eigenvalue weighted by molar-refractivity contribution is -0.384. The Morgan fingerprint density at radius 1 is 1.10 bits per heavy atom. The van der Waals surface area contributed by atoms with Gasteiger partial charge in [0, 0.05) is 17.7 Å². The Kier molecular flexibility index (Phi) is 8.30. The number of para-hydroxylation sites is 1. The first-order valence-electron chi connectivity index (χ1n) is 13.1. The molecule has 0 spiro atoms. The molecule has 42 heavy (non-hydrogen) atoms. The van der Waals surface area contributed by atoms with Gasteiger partial charge in [0.15, 0.2) is 4.80 Å². The fourth-order valence-corrected chi connectivity index (χ4v) is 5.68. The van der Waals surface area contributed by atoms with Gasteiger partial charge in [-0.3, -0.25) is 19.5 Å². The van der Waals surface area contributed by atoms with E-state index >= 15 is 0 Å². The van der Waals surface area contributed by atoms with E-state index in [9.17, 15) is 19.7 Å². The Bertz CT molecular complexity index is 1860. The summed E-state index contributed by atoms with van der Waals surface area (Å²) in [4.78, 5) is 42.6. The van der Waals surface area contributed by atoms with Crippen LogP contribution in [0.15, 0.2) is 93.9 Å². The zero-order valence-electron chi connectivity index (χ0n) is 23.1. The number of methoxy groups -OCH3 is 1. The van der Waals surface area contributed by atoms with Crippen molar-refractivity contribution in [1.82, 2.24) is 4.57 Å². The monoisotopic (exact) mass is 585 g/mol. The van der Waals surface area contributed by atoms with Crippen molar-refractivity contribution in [3.8, 4) is 11.5 Å². The van der Waals surface area contributed by atoms with Crippen LogP contribution in [-0.4, -0.2) is 29.2 Å². The average molecular weight is 586 g/mol. The van der Waals surface area contributed by atoms with Gasteiger partial charge in [-0.2, -0.15) is 0 Å². The number of fused-ring (bicyclic) bond motifs is 1. The highest BCUT2D eigenvalue weighted by Gasteiger charge is 2.33. The molecular weight excluding hydrogens is 558 g/mol. The zero-order chi connectivity index (χ0) is 29.8. The number of aromatic nitrogens is 1. The lowest BCUT2D eigenvalue weighted by atomic mass is 9.96. The molecule has 0 bridgehead atoms. The molecule has 0 radical (unpaired) electrons. The maximum atomic E-state index is 13.9. The lowest BCUT2D eigenvalue weighted by Gasteiger charge is -2.24. The largest absolute Gasteiger partial charge is 0.497 e. The molecule has 0 unspecified atom stereocenters. The fraction of sp³-hybridized carbons (Fsp3) is 0.194. The van der Waals surface area contributed by atoms with Gasteiger partial charge in [0.25, 0.3) is 11.2 Å². The van der Waals surface area contributed by atoms with Crippen LogP contribution in [0, 0.1) is 10.1 Å². The number of nitro groups is 1. The molecule has 1 aliphatic rings. The summed E-state index contributed by atoms with van der Waals surface area (Å²) in [5.74, 6) is 0.658. The van der Waals surface area contributed by atoms with Gasteiger partial charge < -0.3 is 14.2 Å². The van der Waals surface area contributed by atoms with E-state index in [-0.39, 0.29) is 24.5 Å². The molecule has 0 aliphatic carbocycles. The number of esters is 1. The SMILES string of the molecule is CCOC(=O)C1=C(C)N=c2s/c(=C\c3ccccc3OCc3ccc([N+](=O)[O-])cc3)c(=O)n2[C@@H]1c1ccc(OC)cc1. The Morgan fingerprint density at radius 3 is 2.48 bits per heavy atom. The number of thiazole rings is 1. The highest BCUT2D eigenvalue weighted by atomic mass is 32.1. The van der Waals surface area contributed by atoms with Crippen molar-refractivity contribution in [3.05, 3.63) is 131 Å². The van der Waals surface area contributed by atoms with Gasteiger partial charge in [-0.05, 0) is 61.4 Å². The molecule has 0 saturated heterocycles. The number of nitrogens with zero attached hydrogens (tertiary/aromatic N) is 3. The number of carbonyl (C=O) groups is 1. The van der Waals surface area contributed by atoms with Crippen LogP contribution in [0.25, 0.3) is 6.08 Å². The van der Waals surface area contributed by atoms with Crippen molar-refractivity contribution in [2.75, 3.05) is 13.7 Å². The van der Waals surface area contributed by atoms with E-state index in [1.807, 2.05) is 30.3 Å². The van der Waals surface area contributed by atoms with Crippen molar-refractivity contribution in [2.45, 2.75) is 26.5 Å². The summed E-state index contributed by atoms with van der Waals surface area (Å²) in [5.41, 5.74) is 2.63. The standard InChI is InChI=1S/C31H27N3O7S/c1-4-40-30(36)27-19(2)32-31-33(28(27)21-11-15-24(39-3)16-12-21)29(35)26(42-31)17-22-7-5-6-8-25(22)41-18-20-9-13-23(14-10-20)34(37)38/h5-17,28H,4,18H2,1-3H3/b26-17-/t28-/m1/s1. The van der Waals surface area contributed by atoms with Gasteiger partial charge in [0.05, 0.1) is 40.5 Å². The van der Waals surface area contributed by atoms with Crippen LogP contribution in [0.2, 0.25) is 0 Å². The Balaban J connectivity index is 1.55. The molecule has 4 aromatic rings. The number of rotatable bonds is 9. The Labute approximate surface area is 244 Å². The van der Waals surface area contributed by atoms with Crippen molar-refractivity contribution in [2.24, 2.45) is 4.99 Å². The molecule has 10 nitrogen and oxygen atoms in total. The van der Waals surface area contributed by atoms with Crippen molar-refractivity contribution < 1.29 is 23.9 Å². The first-order chi connectivity index (χ1) is 20.3. The Hall–Kier alpha value is -5.03. The van der Waals surface area contributed by atoms with E-state index in [1.54, 1.807) is 57.4 Å². The maximum absolute atomic E-state index is 13.9. The number of nitro benzene ring substituents is 1. The van der Waals surface area contributed by atoms with E-state index in [0.29, 0.717) is 43.2 Å². The van der Waals surface area contributed by atoms with Crippen LogP contribution < -0.4 is 24.4 Å². The van der Waals surface area contributed by atoms with Gasteiger partial charge in [-0.25, -0.2) is 9.79 Å². The second-order valence-corrected chi connectivity index (χ2v) is 10.3. The third kappa shape index (κ3) is 5.72. The van der Waals surface area contributed by atoms with Gasteiger partial charge in [0.2, 0.25) is 0 Å². The maximum Gasteiger partial charge on any atom is 0.338 e. The second-order valence-electron chi connectivity index (χ2n) is 9.33. The van der Waals surface area contributed by atoms with Crippen molar-refractivity contribution >= 4 is 29.1 Å². The third-order valence-electron chi connectivity index (χ3n) is 6.70. The summed E-state index contributed by atoms with van der Waals surface area (Å²) >= 11 is 1.22. The zero-order valence-corrected chi connectivity index (χ0v) is 23.9. The minimum atomic E-state index is -0.734. The fourth-order valence-electron chi connectivity index (χ4n) is 4.64. The van der Waals surface area contributed by atoms with Crippen LogP contribution >= 0.6 is 11.3 Å². The first kappa shape index (κ1) is 28.5. The van der Waals surface area contributed by atoms with Crippen LogP contribution in [0.4, 0.5) is 5.69 Å². The summed E-state index contributed by atoms with van der Waals surface area (Å²) in [6.07, 6.45) is 1.74. The van der Waals surface area contributed by atoms with Crippen molar-refractivity contribution in [3.63, 3.8) is 0 Å². The van der Waals surface area contributed by atoms with E-state index in [1.165, 1.54) is 28.0 Å². The molecule has 1 atom stereocenters.